The minimum Gasteiger partial charge on any atom is -0.494 e. The van der Waals surface area contributed by atoms with Gasteiger partial charge in [-0.3, -0.25) is 14.6 Å². The molecule has 2 aromatic carbocycles. The van der Waals surface area contributed by atoms with E-state index in [0.29, 0.717) is 30.1 Å². The van der Waals surface area contributed by atoms with E-state index in [-0.39, 0.29) is 16.7 Å². The highest BCUT2D eigenvalue weighted by molar-refractivity contribution is 7.09. The molecule has 5 rings (SSSR count). The van der Waals surface area contributed by atoms with Crippen LogP contribution in [-0.2, 0) is 17.6 Å². The molecule has 1 amide bonds. The average molecular weight is 464 g/mol. The average Bonchev–Trinajstić information content (AvgIpc) is 3.13. The number of carbonyl (C=O) groups excluding carboxylic acids is 1. The lowest BCUT2D eigenvalue weighted by atomic mass is 9.91. The minimum atomic E-state index is -0.249. The van der Waals surface area contributed by atoms with Crippen LogP contribution in [0.3, 0.4) is 0 Å². The van der Waals surface area contributed by atoms with E-state index in [1.165, 1.54) is 11.3 Å². The second kappa shape index (κ2) is 9.06. The normalized spacial score (nSPS) is 16.8. The van der Waals surface area contributed by atoms with Crippen LogP contribution >= 0.6 is 11.3 Å². The van der Waals surface area contributed by atoms with Crippen molar-refractivity contribution in [2.24, 2.45) is 5.92 Å². The Balaban J connectivity index is 1.30. The van der Waals surface area contributed by atoms with Crippen molar-refractivity contribution in [1.82, 2.24) is 4.98 Å². The molecule has 0 radical (unpaired) electrons. The lowest BCUT2D eigenvalue weighted by Crippen LogP contribution is -2.43. The molecule has 0 spiro atoms. The van der Waals surface area contributed by atoms with Crippen LogP contribution in [0.4, 0.5) is 11.4 Å². The Kier molecular flexibility index (Phi) is 5.98. The van der Waals surface area contributed by atoms with Crippen molar-refractivity contribution in [2.45, 2.75) is 39.0 Å². The Morgan fingerprint density at radius 1 is 1.06 bits per heavy atom. The number of carbonyl (C=O) groups is 1. The molecule has 0 bridgehead atoms. The van der Waals surface area contributed by atoms with Gasteiger partial charge in [-0.1, -0.05) is 41.2 Å². The molecular weight excluding hydrogens is 434 g/mol. The van der Waals surface area contributed by atoms with Crippen LogP contribution in [0, 0.1) is 12.8 Å². The number of anilines is 2. The molecule has 2 aliphatic rings. The smallest absolute Gasteiger partial charge is 0.307 e. The monoisotopic (exact) mass is 463 g/mol. The van der Waals surface area contributed by atoms with Crippen molar-refractivity contribution in [2.75, 3.05) is 29.4 Å². The summed E-state index contributed by atoms with van der Waals surface area (Å²) in [6.45, 7) is 4.88. The number of hydrogen-bond donors (Lipinski definition) is 2. The fourth-order valence-corrected chi connectivity index (χ4v) is 5.81. The molecule has 1 aromatic heterocycles. The van der Waals surface area contributed by atoms with E-state index in [0.717, 1.165) is 60.6 Å². The zero-order chi connectivity index (χ0) is 22.9. The van der Waals surface area contributed by atoms with Gasteiger partial charge < -0.3 is 14.9 Å². The third-order valence-electron chi connectivity index (χ3n) is 6.93. The molecule has 0 saturated carbocycles. The molecular formula is C26H29N3O3S. The number of aromatic hydroxyl groups is 1. The van der Waals surface area contributed by atoms with Gasteiger partial charge >= 0.3 is 4.87 Å². The molecule has 0 atom stereocenters. The van der Waals surface area contributed by atoms with E-state index in [1.807, 2.05) is 23.1 Å². The van der Waals surface area contributed by atoms with Crippen molar-refractivity contribution < 1.29 is 9.90 Å². The number of rotatable bonds is 5. The quantitative estimate of drug-likeness (QED) is 0.594. The van der Waals surface area contributed by atoms with E-state index in [2.05, 4.69) is 41.1 Å². The van der Waals surface area contributed by atoms with Crippen LogP contribution in [0.15, 0.2) is 47.3 Å². The number of thiazole rings is 1. The van der Waals surface area contributed by atoms with Crippen LogP contribution in [-0.4, -0.2) is 35.6 Å². The van der Waals surface area contributed by atoms with Crippen molar-refractivity contribution in [3.63, 3.8) is 0 Å². The molecule has 2 aliphatic heterocycles. The number of hydrogen-bond acceptors (Lipinski definition) is 5. The number of aromatic nitrogens is 1. The molecule has 33 heavy (non-hydrogen) atoms. The first-order valence-corrected chi connectivity index (χ1v) is 12.4. The largest absolute Gasteiger partial charge is 0.494 e. The summed E-state index contributed by atoms with van der Waals surface area (Å²) in [6, 6.07) is 14.8. The molecule has 3 heterocycles. The highest BCUT2D eigenvalue weighted by atomic mass is 32.1. The summed E-state index contributed by atoms with van der Waals surface area (Å²) in [6.07, 6.45) is 3.83. The van der Waals surface area contributed by atoms with Gasteiger partial charge in [0.1, 0.15) is 0 Å². The van der Waals surface area contributed by atoms with Gasteiger partial charge in [-0.15, -0.1) is 0 Å². The maximum atomic E-state index is 12.9. The maximum absolute atomic E-state index is 12.9. The highest BCUT2D eigenvalue weighted by Crippen LogP contribution is 2.35. The van der Waals surface area contributed by atoms with Crippen LogP contribution in [0.1, 0.15) is 40.8 Å². The molecule has 1 fully saturated rings. The number of amides is 1. The maximum Gasteiger partial charge on any atom is 0.307 e. The third-order valence-corrected chi connectivity index (χ3v) is 7.81. The minimum absolute atomic E-state index is 0.0494. The molecule has 1 saturated heterocycles. The summed E-state index contributed by atoms with van der Waals surface area (Å²) >= 11 is 1.04. The van der Waals surface area contributed by atoms with E-state index in [1.54, 1.807) is 0 Å². The van der Waals surface area contributed by atoms with E-state index in [4.69, 9.17) is 0 Å². The lowest BCUT2D eigenvalue weighted by Gasteiger charge is -2.38. The van der Waals surface area contributed by atoms with E-state index in [9.17, 15) is 14.7 Å². The van der Waals surface area contributed by atoms with Crippen LogP contribution in [0.5, 0.6) is 5.88 Å². The number of piperidine rings is 1. The molecule has 2 N–H and O–H groups in total. The zero-order valence-corrected chi connectivity index (χ0v) is 19.7. The Hall–Kier alpha value is -3.06. The standard InChI is InChI=1S/C26H29N3O3S/c1-17-5-7-20(8-6-17)28-13-11-18(12-14-28)16-29-22-4-2-3-19(21(22)9-10-24(29)30)15-23-25(31)27-26(32)33-23/h2-8,18,31H,9-16H2,1H3,(H,27,32). The lowest BCUT2D eigenvalue weighted by molar-refractivity contribution is -0.119. The molecule has 172 valence electrons. The summed E-state index contributed by atoms with van der Waals surface area (Å²) in [4.78, 5) is 31.7. The number of fused-ring (bicyclic) bond motifs is 1. The topological polar surface area (TPSA) is 76.6 Å². The molecule has 3 aromatic rings. The number of nitrogens with zero attached hydrogens (tertiary/aromatic N) is 2. The van der Waals surface area contributed by atoms with Gasteiger partial charge in [0.05, 0.1) is 4.88 Å². The van der Waals surface area contributed by atoms with E-state index < -0.39 is 0 Å². The zero-order valence-electron chi connectivity index (χ0n) is 18.8. The third kappa shape index (κ3) is 4.55. The fourth-order valence-electron chi connectivity index (χ4n) is 5.06. The number of nitrogens with one attached hydrogen (secondary N) is 1. The van der Waals surface area contributed by atoms with Crippen LogP contribution in [0.2, 0.25) is 0 Å². The second-order valence-corrected chi connectivity index (χ2v) is 10.2. The van der Waals surface area contributed by atoms with Gasteiger partial charge in [-0.2, -0.15) is 0 Å². The predicted molar refractivity (Wildman–Crippen MR) is 133 cm³/mol. The van der Waals surface area contributed by atoms with Gasteiger partial charge in [0.25, 0.3) is 0 Å². The predicted octanol–water partition coefficient (Wildman–Crippen LogP) is 4.24. The van der Waals surface area contributed by atoms with Crippen molar-refractivity contribution >= 4 is 28.6 Å². The van der Waals surface area contributed by atoms with Crippen molar-refractivity contribution in [1.29, 1.82) is 0 Å². The fraction of sp³-hybridized carbons (Fsp3) is 0.385. The van der Waals surface area contributed by atoms with Gasteiger partial charge in [0.2, 0.25) is 11.8 Å². The number of benzene rings is 2. The molecule has 7 heteroatoms. The Morgan fingerprint density at radius 3 is 2.52 bits per heavy atom. The van der Waals surface area contributed by atoms with Crippen molar-refractivity contribution in [3.05, 3.63) is 73.7 Å². The molecule has 6 nitrogen and oxygen atoms in total. The Bertz CT molecular complexity index is 1210. The summed E-state index contributed by atoms with van der Waals surface area (Å²) in [5.41, 5.74) is 5.78. The summed E-state index contributed by atoms with van der Waals surface area (Å²) in [5.74, 6) is 0.616. The van der Waals surface area contributed by atoms with Gasteiger partial charge in [-0.25, -0.2) is 0 Å². The molecule has 0 aliphatic carbocycles. The SMILES string of the molecule is Cc1ccc(N2CCC(CN3C(=O)CCc4c(Cc5sc(=O)[nH]c5O)cccc43)CC2)cc1. The summed E-state index contributed by atoms with van der Waals surface area (Å²) in [5, 5.41) is 10.0. The number of aryl methyl sites for hydroxylation is 1. The first kappa shape index (κ1) is 21.8. The van der Waals surface area contributed by atoms with Gasteiger partial charge in [0, 0.05) is 43.9 Å². The second-order valence-electron chi connectivity index (χ2n) is 9.15. The number of H-pyrrole nitrogens is 1. The Labute approximate surface area is 197 Å². The number of aromatic amines is 1. The highest BCUT2D eigenvalue weighted by Gasteiger charge is 2.30. The summed E-state index contributed by atoms with van der Waals surface area (Å²) < 4.78 is 0. The summed E-state index contributed by atoms with van der Waals surface area (Å²) in [7, 11) is 0. The van der Waals surface area contributed by atoms with E-state index >= 15 is 0 Å². The first-order chi connectivity index (χ1) is 16.0. The van der Waals surface area contributed by atoms with Crippen LogP contribution < -0.4 is 14.7 Å². The molecule has 0 unspecified atom stereocenters. The van der Waals surface area contributed by atoms with Gasteiger partial charge in [0.15, 0.2) is 0 Å². The Morgan fingerprint density at radius 2 is 1.82 bits per heavy atom. The van der Waals surface area contributed by atoms with Crippen LogP contribution in [0.25, 0.3) is 0 Å². The first-order valence-electron chi connectivity index (χ1n) is 11.6. The van der Waals surface area contributed by atoms with Crippen molar-refractivity contribution in [3.8, 4) is 5.88 Å². The van der Waals surface area contributed by atoms with Gasteiger partial charge in [-0.05, 0) is 61.4 Å².